The molecule has 1 aliphatic rings. The molecule has 1 rings (SSSR count). The average Bonchev–Trinajstić information content (AvgIpc) is 2.12. The number of carbonyl (C=O) groups excluding carboxylic acids is 1. The van der Waals surface area contributed by atoms with Crippen LogP contribution in [0.5, 0.6) is 0 Å². The summed E-state index contributed by atoms with van der Waals surface area (Å²) in [7, 11) is 0. The predicted molar refractivity (Wildman–Crippen MR) is 79.8 cm³/mol. The summed E-state index contributed by atoms with van der Waals surface area (Å²) in [6.07, 6.45) is 1.38. The first kappa shape index (κ1) is 15.8. The van der Waals surface area contributed by atoms with Crippen LogP contribution in [0.15, 0.2) is 0 Å². The second kappa shape index (κ2) is 5.83. The molecule has 2 N–H and O–H groups in total. The molecule has 0 aromatic carbocycles. The van der Waals surface area contributed by atoms with Crippen molar-refractivity contribution in [1.29, 1.82) is 0 Å². The summed E-state index contributed by atoms with van der Waals surface area (Å²) in [5, 5.41) is 0. The van der Waals surface area contributed by atoms with Gasteiger partial charge in [-0.1, -0.05) is 20.8 Å². The molecule has 106 valence electrons. The molecule has 18 heavy (non-hydrogen) atoms. The topological polar surface area (TPSA) is 46.3 Å². The quantitative estimate of drug-likeness (QED) is 0.858. The van der Waals surface area contributed by atoms with Gasteiger partial charge in [0, 0.05) is 36.1 Å². The molecule has 1 amide bonds. The number of rotatable bonds is 3. The summed E-state index contributed by atoms with van der Waals surface area (Å²) in [6.45, 7) is 12.6. The van der Waals surface area contributed by atoms with E-state index in [4.69, 9.17) is 5.73 Å². The maximum atomic E-state index is 12.2. The first-order chi connectivity index (χ1) is 8.09. The SMILES string of the molecule is CC(C)(C)CC(N)CC(=O)N1CCSC(C)(C)C1. The van der Waals surface area contributed by atoms with Crippen LogP contribution >= 0.6 is 11.8 Å². The molecule has 0 radical (unpaired) electrons. The summed E-state index contributed by atoms with van der Waals surface area (Å²) in [5.41, 5.74) is 6.27. The zero-order chi connectivity index (χ0) is 14.0. The van der Waals surface area contributed by atoms with Gasteiger partial charge in [-0.2, -0.15) is 11.8 Å². The molecule has 1 saturated heterocycles. The third-order valence-corrected chi connectivity index (χ3v) is 4.39. The molecule has 0 aliphatic carbocycles. The van der Waals surface area contributed by atoms with Gasteiger partial charge in [-0.15, -0.1) is 0 Å². The monoisotopic (exact) mass is 272 g/mol. The van der Waals surface area contributed by atoms with E-state index in [9.17, 15) is 4.79 Å². The number of carbonyl (C=O) groups is 1. The molecule has 0 spiro atoms. The highest BCUT2D eigenvalue weighted by atomic mass is 32.2. The smallest absolute Gasteiger partial charge is 0.224 e. The molecule has 1 aliphatic heterocycles. The van der Waals surface area contributed by atoms with E-state index in [0.717, 1.165) is 25.3 Å². The van der Waals surface area contributed by atoms with E-state index in [0.29, 0.717) is 6.42 Å². The van der Waals surface area contributed by atoms with Crippen molar-refractivity contribution >= 4 is 17.7 Å². The number of amides is 1. The van der Waals surface area contributed by atoms with Crippen molar-refractivity contribution in [2.75, 3.05) is 18.8 Å². The van der Waals surface area contributed by atoms with Gasteiger partial charge in [0.05, 0.1) is 0 Å². The van der Waals surface area contributed by atoms with Crippen molar-refractivity contribution in [2.45, 2.75) is 58.2 Å². The molecule has 1 unspecified atom stereocenters. The Hall–Kier alpha value is -0.220. The van der Waals surface area contributed by atoms with Crippen LogP contribution in [0, 0.1) is 5.41 Å². The van der Waals surface area contributed by atoms with Crippen LogP contribution in [0.2, 0.25) is 0 Å². The maximum absolute atomic E-state index is 12.2. The van der Waals surface area contributed by atoms with Crippen LogP contribution < -0.4 is 5.73 Å². The number of hydrogen-bond donors (Lipinski definition) is 1. The minimum absolute atomic E-state index is 0.0183. The van der Waals surface area contributed by atoms with Crippen LogP contribution in [-0.4, -0.2) is 40.4 Å². The van der Waals surface area contributed by atoms with Crippen molar-refractivity contribution < 1.29 is 4.79 Å². The van der Waals surface area contributed by atoms with Gasteiger partial charge in [0.25, 0.3) is 0 Å². The standard InChI is InChI=1S/C14H28N2OS/c1-13(2,3)9-11(15)8-12(17)16-6-7-18-14(4,5)10-16/h11H,6-10,15H2,1-5H3. The van der Waals surface area contributed by atoms with Crippen LogP contribution in [0.1, 0.15) is 47.5 Å². The lowest BCUT2D eigenvalue weighted by atomic mass is 9.87. The summed E-state index contributed by atoms with van der Waals surface area (Å²) in [4.78, 5) is 14.2. The van der Waals surface area contributed by atoms with E-state index in [1.807, 2.05) is 16.7 Å². The van der Waals surface area contributed by atoms with Crippen molar-refractivity contribution in [3.63, 3.8) is 0 Å². The van der Waals surface area contributed by atoms with Gasteiger partial charge < -0.3 is 10.6 Å². The van der Waals surface area contributed by atoms with E-state index in [2.05, 4.69) is 34.6 Å². The Labute approximate surface area is 116 Å². The largest absolute Gasteiger partial charge is 0.340 e. The molecular formula is C14H28N2OS. The lowest BCUT2D eigenvalue weighted by Gasteiger charge is -2.38. The van der Waals surface area contributed by atoms with E-state index < -0.39 is 0 Å². The van der Waals surface area contributed by atoms with Crippen LogP contribution in [-0.2, 0) is 4.79 Å². The van der Waals surface area contributed by atoms with Gasteiger partial charge in [0.2, 0.25) is 5.91 Å². The molecule has 1 heterocycles. The van der Waals surface area contributed by atoms with Gasteiger partial charge >= 0.3 is 0 Å². The van der Waals surface area contributed by atoms with Crippen molar-refractivity contribution in [3.8, 4) is 0 Å². The van der Waals surface area contributed by atoms with Crippen molar-refractivity contribution in [3.05, 3.63) is 0 Å². The first-order valence-electron chi connectivity index (χ1n) is 6.76. The maximum Gasteiger partial charge on any atom is 0.224 e. The van der Waals surface area contributed by atoms with Crippen LogP contribution in [0.3, 0.4) is 0 Å². The molecular weight excluding hydrogens is 244 g/mol. The van der Waals surface area contributed by atoms with E-state index in [1.54, 1.807) is 0 Å². The summed E-state index contributed by atoms with van der Waals surface area (Å²) < 4.78 is 0.183. The van der Waals surface area contributed by atoms with Crippen LogP contribution in [0.25, 0.3) is 0 Å². The Balaban J connectivity index is 2.45. The highest BCUT2D eigenvalue weighted by molar-refractivity contribution is 8.00. The van der Waals surface area contributed by atoms with E-state index in [-0.39, 0.29) is 22.1 Å². The molecule has 0 saturated carbocycles. The third-order valence-electron chi connectivity index (χ3n) is 3.09. The fraction of sp³-hybridized carbons (Fsp3) is 0.929. The Morgan fingerprint density at radius 1 is 1.44 bits per heavy atom. The Morgan fingerprint density at radius 2 is 2.06 bits per heavy atom. The van der Waals surface area contributed by atoms with Crippen molar-refractivity contribution in [2.24, 2.45) is 11.1 Å². The Morgan fingerprint density at radius 3 is 2.56 bits per heavy atom. The van der Waals surface area contributed by atoms with Gasteiger partial charge in [-0.25, -0.2) is 0 Å². The minimum Gasteiger partial charge on any atom is -0.340 e. The number of nitrogens with zero attached hydrogens (tertiary/aromatic N) is 1. The molecule has 0 bridgehead atoms. The third kappa shape index (κ3) is 5.61. The lowest BCUT2D eigenvalue weighted by Crippen LogP contribution is -2.47. The highest BCUT2D eigenvalue weighted by Gasteiger charge is 2.30. The molecule has 0 aromatic heterocycles. The van der Waals surface area contributed by atoms with Gasteiger partial charge in [-0.05, 0) is 25.7 Å². The molecule has 3 nitrogen and oxygen atoms in total. The van der Waals surface area contributed by atoms with E-state index >= 15 is 0 Å². The molecule has 1 fully saturated rings. The summed E-state index contributed by atoms with van der Waals surface area (Å²) >= 11 is 1.95. The fourth-order valence-electron chi connectivity index (χ4n) is 2.44. The predicted octanol–water partition coefficient (Wildman–Crippen LogP) is 2.49. The minimum atomic E-state index is -0.0183. The van der Waals surface area contributed by atoms with E-state index in [1.165, 1.54) is 0 Å². The zero-order valence-electron chi connectivity index (χ0n) is 12.5. The zero-order valence-corrected chi connectivity index (χ0v) is 13.3. The van der Waals surface area contributed by atoms with Crippen LogP contribution in [0.4, 0.5) is 0 Å². The fourth-order valence-corrected chi connectivity index (χ4v) is 3.55. The second-order valence-electron chi connectivity index (χ2n) is 7.15. The molecule has 4 heteroatoms. The number of thioether (sulfide) groups is 1. The second-order valence-corrected chi connectivity index (χ2v) is 8.95. The Kier molecular flexibility index (Phi) is 5.13. The van der Waals surface area contributed by atoms with Gasteiger partial charge in [0.1, 0.15) is 0 Å². The summed E-state index contributed by atoms with van der Waals surface area (Å²) in [5.74, 6) is 1.26. The van der Waals surface area contributed by atoms with Gasteiger partial charge in [-0.3, -0.25) is 4.79 Å². The normalized spacial score (nSPS) is 21.8. The number of hydrogen-bond acceptors (Lipinski definition) is 3. The molecule has 0 aromatic rings. The highest BCUT2D eigenvalue weighted by Crippen LogP contribution is 2.30. The van der Waals surface area contributed by atoms with Gasteiger partial charge in [0.15, 0.2) is 0 Å². The summed E-state index contributed by atoms with van der Waals surface area (Å²) in [6, 6.07) is -0.0183. The first-order valence-corrected chi connectivity index (χ1v) is 7.75. The Bertz CT molecular complexity index is 297. The van der Waals surface area contributed by atoms with Crippen molar-refractivity contribution in [1.82, 2.24) is 4.90 Å². The average molecular weight is 272 g/mol. The molecule has 1 atom stereocenters. The number of nitrogens with two attached hydrogens (primary N) is 1. The lowest BCUT2D eigenvalue weighted by molar-refractivity contribution is -0.131.